The van der Waals surface area contributed by atoms with Crippen molar-refractivity contribution in [1.82, 2.24) is 10.2 Å². The fourth-order valence-corrected chi connectivity index (χ4v) is 2.74. The maximum absolute atomic E-state index is 12.2. The van der Waals surface area contributed by atoms with Gasteiger partial charge in [0.2, 0.25) is 5.91 Å². The number of benzene rings is 1. The molecule has 1 aliphatic carbocycles. The van der Waals surface area contributed by atoms with Gasteiger partial charge in [0, 0.05) is 32.1 Å². The zero-order chi connectivity index (χ0) is 14.5. The Balaban J connectivity index is 1.95. The summed E-state index contributed by atoms with van der Waals surface area (Å²) in [7, 11) is 3.47. The van der Waals surface area contributed by atoms with E-state index in [4.69, 9.17) is 0 Å². The van der Waals surface area contributed by atoms with E-state index in [9.17, 15) is 9.59 Å². The first-order valence-corrected chi connectivity index (χ1v) is 7.18. The van der Waals surface area contributed by atoms with E-state index >= 15 is 0 Å². The number of carbonyl (C=O) groups excluding carboxylic acids is 2. The Labute approximate surface area is 120 Å². The van der Waals surface area contributed by atoms with Crippen LogP contribution in [0.3, 0.4) is 0 Å². The fraction of sp³-hybridized carbons (Fsp3) is 0.500. The molecule has 2 amide bonds. The summed E-state index contributed by atoms with van der Waals surface area (Å²) < 4.78 is 0. The van der Waals surface area contributed by atoms with Crippen molar-refractivity contribution in [3.8, 4) is 0 Å². The van der Waals surface area contributed by atoms with Gasteiger partial charge in [0.1, 0.15) is 0 Å². The lowest BCUT2D eigenvalue weighted by molar-refractivity contribution is -0.134. The van der Waals surface area contributed by atoms with Crippen molar-refractivity contribution in [2.24, 2.45) is 5.92 Å². The Bertz CT molecular complexity index is 476. The van der Waals surface area contributed by atoms with E-state index in [0.29, 0.717) is 12.1 Å². The minimum atomic E-state index is -0.0908. The molecule has 2 rings (SSSR count). The van der Waals surface area contributed by atoms with Crippen LogP contribution in [0.15, 0.2) is 24.3 Å². The summed E-state index contributed by atoms with van der Waals surface area (Å²) in [4.78, 5) is 25.5. The lowest BCUT2D eigenvalue weighted by Crippen LogP contribution is -2.31. The molecule has 0 aromatic heterocycles. The Morgan fingerprint density at radius 1 is 1.20 bits per heavy atom. The van der Waals surface area contributed by atoms with Crippen molar-refractivity contribution in [3.05, 3.63) is 35.4 Å². The number of hydrogen-bond acceptors (Lipinski definition) is 2. The van der Waals surface area contributed by atoms with Crippen molar-refractivity contribution >= 4 is 11.8 Å². The Morgan fingerprint density at radius 3 is 2.35 bits per heavy atom. The van der Waals surface area contributed by atoms with Crippen LogP contribution >= 0.6 is 0 Å². The quantitative estimate of drug-likeness (QED) is 0.915. The van der Waals surface area contributed by atoms with Crippen molar-refractivity contribution in [3.63, 3.8) is 0 Å². The molecule has 1 aromatic carbocycles. The van der Waals surface area contributed by atoms with Gasteiger partial charge in [0.15, 0.2) is 0 Å². The lowest BCUT2D eigenvalue weighted by atomic mass is 10.1. The number of rotatable bonds is 4. The molecule has 0 radical (unpaired) electrons. The molecule has 1 N–H and O–H groups in total. The number of hydrogen-bond donors (Lipinski definition) is 1. The minimum absolute atomic E-state index is 0.0908. The van der Waals surface area contributed by atoms with Crippen LogP contribution in [0.5, 0.6) is 0 Å². The van der Waals surface area contributed by atoms with Crippen LogP contribution in [0.1, 0.15) is 41.6 Å². The normalized spacial score (nSPS) is 15.1. The topological polar surface area (TPSA) is 49.4 Å². The largest absolute Gasteiger partial charge is 0.355 e. The van der Waals surface area contributed by atoms with Gasteiger partial charge < -0.3 is 10.2 Å². The Hall–Kier alpha value is -1.84. The van der Waals surface area contributed by atoms with Crippen LogP contribution in [0, 0.1) is 5.92 Å². The molecule has 0 saturated heterocycles. The van der Waals surface area contributed by atoms with E-state index in [-0.39, 0.29) is 17.7 Å². The first-order valence-electron chi connectivity index (χ1n) is 7.18. The van der Waals surface area contributed by atoms with Crippen molar-refractivity contribution < 1.29 is 9.59 Å². The highest BCUT2D eigenvalue weighted by molar-refractivity contribution is 5.93. The van der Waals surface area contributed by atoms with Crippen LogP contribution < -0.4 is 5.32 Å². The summed E-state index contributed by atoms with van der Waals surface area (Å²) in [6, 6.07) is 7.40. The average Bonchev–Trinajstić information content (AvgIpc) is 3.00. The standard InChI is InChI=1S/C16H22N2O2/c1-17-15(19)13-9-7-12(8-10-13)11-18(2)16(20)14-5-3-4-6-14/h7-10,14H,3-6,11H2,1-2H3,(H,17,19). The monoisotopic (exact) mass is 274 g/mol. The van der Waals surface area contributed by atoms with Crippen LogP contribution in [0.2, 0.25) is 0 Å². The summed E-state index contributed by atoms with van der Waals surface area (Å²) in [5.41, 5.74) is 1.69. The number of nitrogens with one attached hydrogen (secondary N) is 1. The SMILES string of the molecule is CNC(=O)c1ccc(CN(C)C(=O)C2CCCC2)cc1. The molecule has 20 heavy (non-hydrogen) atoms. The maximum Gasteiger partial charge on any atom is 0.251 e. The zero-order valence-electron chi connectivity index (χ0n) is 12.2. The molecule has 0 unspecified atom stereocenters. The van der Waals surface area contributed by atoms with E-state index in [2.05, 4.69) is 5.32 Å². The summed E-state index contributed by atoms with van der Waals surface area (Å²) >= 11 is 0. The van der Waals surface area contributed by atoms with Crippen LogP contribution in [0.25, 0.3) is 0 Å². The van der Waals surface area contributed by atoms with Gasteiger partial charge in [-0.2, -0.15) is 0 Å². The second-order valence-electron chi connectivity index (χ2n) is 5.45. The van der Waals surface area contributed by atoms with Gasteiger partial charge in [-0.15, -0.1) is 0 Å². The number of carbonyl (C=O) groups is 2. The molecule has 1 saturated carbocycles. The van der Waals surface area contributed by atoms with E-state index in [0.717, 1.165) is 18.4 Å². The molecule has 108 valence electrons. The number of nitrogens with zero attached hydrogens (tertiary/aromatic N) is 1. The predicted molar refractivity (Wildman–Crippen MR) is 78.3 cm³/mol. The minimum Gasteiger partial charge on any atom is -0.355 e. The van der Waals surface area contributed by atoms with Crippen LogP contribution in [0.4, 0.5) is 0 Å². The first kappa shape index (κ1) is 14.6. The second-order valence-corrected chi connectivity index (χ2v) is 5.45. The third-order valence-corrected chi connectivity index (χ3v) is 3.94. The summed E-state index contributed by atoms with van der Waals surface area (Å²) in [5.74, 6) is 0.370. The molecular formula is C16H22N2O2. The van der Waals surface area contributed by atoms with E-state index in [1.165, 1.54) is 12.8 Å². The summed E-state index contributed by atoms with van der Waals surface area (Å²) in [6.45, 7) is 0.601. The summed E-state index contributed by atoms with van der Waals surface area (Å²) in [6.07, 6.45) is 4.40. The third kappa shape index (κ3) is 3.38. The molecule has 0 aliphatic heterocycles. The highest BCUT2D eigenvalue weighted by Crippen LogP contribution is 2.26. The molecule has 0 spiro atoms. The molecule has 4 heteroatoms. The van der Waals surface area contributed by atoms with E-state index in [1.807, 2.05) is 19.2 Å². The molecule has 1 fully saturated rings. The van der Waals surface area contributed by atoms with Gasteiger partial charge >= 0.3 is 0 Å². The molecule has 0 bridgehead atoms. The fourth-order valence-electron chi connectivity index (χ4n) is 2.74. The molecule has 0 atom stereocenters. The van der Waals surface area contributed by atoms with Crippen molar-refractivity contribution in [1.29, 1.82) is 0 Å². The molecule has 4 nitrogen and oxygen atoms in total. The van der Waals surface area contributed by atoms with Gasteiger partial charge in [-0.25, -0.2) is 0 Å². The van der Waals surface area contributed by atoms with Gasteiger partial charge in [0.05, 0.1) is 0 Å². The molecule has 1 aliphatic rings. The first-order chi connectivity index (χ1) is 9.61. The van der Waals surface area contributed by atoms with Gasteiger partial charge in [-0.1, -0.05) is 25.0 Å². The second kappa shape index (κ2) is 6.55. The van der Waals surface area contributed by atoms with E-state index in [1.54, 1.807) is 24.1 Å². The average molecular weight is 274 g/mol. The van der Waals surface area contributed by atoms with Crippen molar-refractivity contribution in [2.75, 3.05) is 14.1 Å². The zero-order valence-corrected chi connectivity index (χ0v) is 12.2. The third-order valence-electron chi connectivity index (χ3n) is 3.94. The molecule has 0 heterocycles. The van der Waals surface area contributed by atoms with Gasteiger partial charge in [-0.3, -0.25) is 9.59 Å². The van der Waals surface area contributed by atoms with Crippen LogP contribution in [-0.2, 0) is 11.3 Å². The smallest absolute Gasteiger partial charge is 0.251 e. The van der Waals surface area contributed by atoms with Gasteiger partial charge in [0.25, 0.3) is 5.91 Å². The predicted octanol–water partition coefficient (Wildman–Crippen LogP) is 2.19. The molecular weight excluding hydrogens is 252 g/mol. The summed E-state index contributed by atoms with van der Waals surface area (Å²) in [5, 5.41) is 2.59. The molecule has 1 aromatic rings. The number of amides is 2. The Morgan fingerprint density at radius 2 is 1.80 bits per heavy atom. The highest BCUT2D eigenvalue weighted by Gasteiger charge is 2.25. The van der Waals surface area contributed by atoms with Gasteiger partial charge in [-0.05, 0) is 30.5 Å². The van der Waals surface area contributed by atoms with Crippen LogP contribution in [-0.4, -0.2) is 30.8 Å². The van der Waals surface area contributed by atoms with E-state index < -0.39 is 0 Å². The lowest BCUT2D eigenvalue weighted by Gasteiger charge is -2.21. The van der Waals surface area contributed by atoms with Crippen molar-refractivity contribution in [2.45, 2.75) is 32.2 Å². The highest BCUT2D eigenvalue weighted by atomic mass is 16.2. The Kier molecular flexibility index (Phi) is 4.77. The maximum atomic E-state index is 12.2.